The van der Waals surface area contributed by atoms with E-state index in [-0.39, 0.29) is 5.91 Å². The monoisotopic (exact) mass is 333 g/mol. The molecule has 0 aliphatic carbocycles. The van der Waals surface area contributed by atoms with Gasteiger partial charge in [-0.25, -0.2) is 0 Å². The summed E-state index contributed by atoms with van der Waals surface area (Å²) in [6, 6.07) is 14.6. The number of carbonyl (C=O) groups excluding carboxylic acids is 1. The maximum atomic E-state index is 12.4. The van der Waals surface area contributed by atoms with E-state index in [1.54, 1.807) is 30.3 Å². The van der Waals surface area contributed by atoms with E-state index in [0.717, 1.165) is 15.8 Å². The Bertz CT molecular complexity index is 1030. The summed E-state index contributed by atoms with van der Waals surface area (Å²) in [5, 5.41) is 8.83. The number of aryl methyl sites for hydroxylation is 1. The second-order valence-electron chi connectivity index (χ2n) is 5.31. The van der Waals surface area contributed by atoms with Crippen molar-refractivity contribution in [3.05, 3.63) is 76.6 Å². The van der Waals surface area contributed by atoms with Gasteiger partial charge in [0.1, 0.15) is 0 Å². The average molecular weight is 333 g/mol. The Morgan fingerprint density at radius 2 is 2.08 bits per heavy atom. The van der Waals surface area contributed by atoms with Crippen molar-refractivity contribution in [3.8, 4) is 6.07 Å². The van der Waals surface area contributed by atoms with Gasteiger partial charge in [-0.2, -0.15) is 10.3 Å². The van der Waals surface area contributed by atoms with Crippen molar-refractivity contribution in [2.45, 2.75) is 13.5 Å². The molecule has 2 aromatic carbocycles. The van der Waals surface area contributed by atoms with Crippen molar-refractivity contribution in [2.24, 2.45) is 4.99 Å². The van der Waals surface area contributed by atoms with E-state index >= 15 is 0 Å². The molecular formula is C19H15N3OS. The molecule has 0 N–H and O–H groups in total. The third-order valence-corrected chi connectivity index (χ3v) is 4.72. The first-order valence-electron chi connectivity index (χ1n) is 7.43. The molecule has 0 saturated heterocycles. The molecule has 5 heteroatoms. The third kappa shape index (κ3) is 2.92. The second kappa shape index (κ2) is 6.65. The van der Waals surface area contributed by atoms with Crippen LogP contribution in [0.2, 0.25) is 0 Å². The minimum Gasteiger partial charge on any atom is -0.312 e. The van der Waals surface area contributed by atoms with Crippen LogP contribution in [0.3, 0.4) is 0 Å². The number of nitriles is 1. The smallest absolute Gasteiger partial charge is 0.279 e. The number of aromatic nitrogens is 1. The summed E-state index contributed by atoms with van der Waals surface area (Å²) in [7, 11) is 0. The minimum atomic E-state index is -0.318. The van der Waals surface area contributed by atoms with E-state index in [4.69, 9.17) is 5.26 Å². The molecule has 0 bridgehead atoms. The van der Waals surface area contributed by atoms with Gasteiger partial charge in [-0.3, -0.25) is 4.79 Å². The van der Waals surface area contributed by atoms with Crippen molar-refractivity contribution in [1.82, 2.24) is 4.57 Å². The van der Waals surface area contributed by atoms with E-state index in [0.29, 0.717) is 22.5 Å². The van der Waals surface area contributed by atoms with Gasteiger partial charge in [0.2, 0.25) is 0 Å². The SMILES string of the molecule is C=CCn1c(=NC(=O)c2ccc(C#N)cc2)sc2cccc(C)c21. The van der Waals surface area contributed by atoms with Crippen LogP contribution in [0.5, 0.6) is 0 Å². The Kier molecular flexibility index (Phi) is 4.41. The van der Waals surface area contributed by atoms with E-state index in [9.17, 15) is 4.79 Å². The summed E-state index contributed by atoms with van der Waals surface area (Å²) >= 11 is 1.48. The highest BCUT2D eigenvalue weighted by molar-refractivity contribution is 7.16. The van der Waals surface area contributed by atoms with Gasteiger partial charge in [0, 0.05) is 12.1 Å². The van der Waals surface area contributed by atoms with Crippen molar-refractivity contribution in [3.63, 3.8) is 0 Å². The number of allylic oxidation sites excluding steroid dienone is 1. The minimum absolute atomic E-state index is 0.318. The van der Waals surface area contributed by atoms with Gasteiger partial charge in [0.05, 0.1) is 21.8 Å². The molecule has 4 nitrogen and oxygen atoms in total. The molecule has 118 valence electrons. The first-order chi connectivity index (χ1) is 11.6. The number of para-hydroxylation sites is 1. The van der Waals surface area contributed by atoms with Gasteiger partial charge in [-0.05, 0) is 42.8 Å². The fourth-order valence-electron chi connectivity index (χ4n) is 2.53. The lowest BCUT2D eigenvalue weighted by molar-refractivity contribution is 0.0998. The Morgan fingerprint density at radius 3 is 2.75 bits per heavy atom. The predicted molar refractivity (Wildman–Crippen MR) is 95.8 cm³/mol. The maximum absolute atomic E-state index is 12.4. The quantitative estimate of drug-likeness (QED) is 0.684. The zero-order valence-corrected chi connectivity index (χ0v) is 14.0. The number of carbonyl (C=O) groups is 1. The number of hydrogen-bond donors (Lipinski definition) is 0. The molecular weight excluding hydrogens is 318 g/mol. The lowest BCUT2D eigenvalue weighted by Crippen LogP contribution is -2.16. The average Bonchev–Trinajstić information content (AvgIpc) is 2.94. The zero-order valence-electron chi connectivity index (χ0n) is 13.2. The molecule has 0 radical (unpaired) electrons. The highest BCUT2D eigenvalue weighted by atomic mass is 32.1. The summed E-state index contributed by atoms with van der Waals surface area (Å²) in [5.74, 6) is -0.318. The molecule has 3 aromatic rings. The van der Waals surface area contributed by atoms with Crippen LogP contribution in [0.4, 0.5) is 0 Å². The molecule has 0 fully saturated rings. The van der Waals surface area contributed by atoms with Crippen molar-refractivity contribution >= 4 is 27.5 Å². The largest absolute Gasteiger partial charge is 0.312 e. The summed E-state index contributed by atoms with van der Waals surface area (Å²) in [4.78, 5) is 17.4. The molecule has 24 heavy (non-hydrogen) atoms. The molecule has 0 aliphatic rings. The van der Waals surface area contributed by atoms with Gasteiger partial charge in [-0.1, -0.05) is 29.5 Å². The fraction of sp³-hybridized carbons (Fsp3) is 0.105. The second-order valence-corrected chi connectivity index (χ2v) is 6.32. The van der Waals surface area contributed by atoms with Gasteiger partial charge < -0.3 is 4.57 Å². The van der Waals surface area contributed by atoms with Crippen LogP contribution in [0.15, 0.2) is 60.1 Å². The van der Waals surface area contributed by atoms with Crippen LogP contribution < -0.4 is 4.80 Å². The molecule has 3 rings (SSSR count). The van der Waals surface area contributed by atoms with E-state index < -0.39 is 0 Å². The predicted octanol–water partition coefficient (Wildman–Crippen LogP) is 3.81. The lowest BCUT2D eigenvalue weighted by atomic mass is 10.1. The number of benzene rings is 2. The molecule has 0 spiro atoms. The summed E-state index contributed by atoms with van der Waals surface area (Å²) in [6.45, 7) is 6.43. The number of rotatable bonds is 3. The Morgan fingerprint density at radius 1 is 1.33 bits per heavy atom. The number of hydrogen-bond acceptors (Lipinski definition) is 3. The molecule has 1 aromatic heterocycles. The molecule has 0 aliphatic heterocycles. The van der Waals surface area contributed by atoms with E-state index in [1.807, 2.05) is 35.8 Å². The number of thiazole rings is 1. The number of nitrogens with zero attached hydrogens (tertiary/aromatic N) is 3. The number of amides is 1. The molecule has 1 heterocycles. The molecule has 0 unspecified atom stereocenters. The van der Waals surface area contributed by atoms with E-state index in [2.05, 4.69) is 11.6 Å². The standard InChI is InChI=1S/C19H15N3OS/c1-3-11-22-17-13(2)5-4-6-16(17)24-19(22)21-18(23)15-9-7-14(12-20)8-10-15/h3-10H,1,11H2,2H3. The maximum Gasteiger partial charge on any atom is 0.279 e. The van der Waals surface area contributed by atoms with Gasteiger partial charge in [0.25, 0.3) is 5.91 Å². The molecule has 0 atom stereocenters. The Balaban J connectivity index is 2.13. The van der Waals surface area contributed by atoms with Gasteiger partial charge >= 0.3 is 0 Å². The van der Waals surface area contributed by atoms with E-state index in [1.165, 1.54) is 11.3 Å². The lowest BCUT2D eigenvalue weighted by Gasteiger charge is -2.03. The fourth-order valence-corrected chi connectivity index (χ4v) is 3.65. The van der Waals surface area contributed by atoms with Crippen LogP contribution in [0.1, 0.15) is 21.5 Å². The first-order valence-corrected chi connectivity index (χ1v) is 8.25. The van der Waals surface area contributed by atoms with Crippen LogP contribution in [-0.2, 0) is 6.54 Å². The highest BCUT2D eigenvalue weighted by Gasteiger charge is 2.10. The Hall–Kier alpha value is -2.97. The molecule has 1 amide bonds. The van der Waals surface area contributed by atoms with Gasteiger partial charge in [-0.15, -0.1) is 6.58 Å². The third-order valence-electron chi connectivity index (χ3n) is 3.67. The van der Waals surface area contributed by atoms with Crippen LogP contribution in [0, 0.1) is 18.3 Å². The molecule has 0 saturated carbocycles. The van der Waals surface area contributed by atoms with Crippen molar-refractivity contribution in [1.29, 1.82) is 5.26 Å². The normalized spacial score (nSPS) is 11.4. The summed E-state index contributed by atoms with van der Waals surface area (Å²) in [5.41, 5.74) is 3.20. The van der Waals surface area contributed by atoms with Crippen LogP contribution in [-0.4, -0.2) is 10.5 Å². The van der Waals surface area contributed by atoms with Crippen LogP contribution >= 0.6 is 11.3 Å². The Labute approximate surface area is 143 Å². The zero-order chi connectivity index (χ0) is 17.1. The highest BCUT2D eigenvalue weighted by Crippen LogP contribution is 2.21. The summed E-state index contributed by atoms with van der Waals surface area (Å²) < 4.78 is 3.09. The first kappa shape index (κ1) is 15.9. The van der Waals surface area contributed by atoms with Gasteiger partial charge in [0.15, 0.2) is 4.80 Å². The van der Waals surface area contributed by atoms with Crippen molar-refractivity contribution in [2.75, 3.05) is 0 Å². The number of fused-ring (bicyclic) bond motifs is 1. The summed E-state index contributed by atoms with van der Waals surface area (Å²) in [6.07, 6.45) is 1.80. The van der Waals surface area contributed by atoms with Crippen molar-refractivity contribution < 1.29 is 4.79 Å². The topological polar surface area (TPSA) is 58.1 Å². The van der Waals surface area contributed by atoms with Crippen LogP contribution in [0.25, 0.3) is 10.2 Å².